The molecule has 0 spiro atoms. The Morgan fingerprint density at radius 3 is 1.48 bits per heavy atom. The molecule has 2 aliphatic rings. The van der Waals surface area contributed by atoms with Gasteiger partial charge in [0.1, 0.15) is 0 Å². The van der Waals surface area contributed by atoms with Gasteiger partial charge in [-0.25, -0.2) is 25.2 Å². The van der Waals surface area contributed by atoms with Crippen molar-refractivity contribution in [1.29, 1.82) is 10.8 Å². The first-order valence-electron chi connectivity index (χ1n) is 8.65. The molecule has 0 aliphatic heterocycles. The van der Waals surface area contributed by atoms with Crippen LogP contribution < -0.4 is 0 Å². The van der Waals surface area contributed by atoms with Gasteiger partial charge < -0.3 is 0 Å². The smallest absolute Gasteiger partial charge is 0.296 e. The van der Waals surface area contributed by atoms with Crippen molar-refractivity contribution in [1.82, 2.24) is 0 Å². The molecule has 2 aliphatic carbocycles. The van der Waals surface area contributed by atoms with Crippen LogP contribution in [0.15, 0.2) is 12.7 Å². The second kappa shape index (κ2) is 20.0. The summed E-state index contributed by atoms with van der Waals surface area (Å²) >= 11 is 0. The van der Waals surface area contributed by atoms with Crippen LogP contribution in [-0.4, -0.2) is 23.4 Å². The molecular weight excluding hydrogens is 324 g/mol. The van der Waals surface area contributed by atoms with Crippen molar-refractivity contribution >= 4 is 18.1 Å². The van der Waals surface area contributed by atoms with E-state index in [0.717, 1.165) is 30.1 Å². The summed E-state index contributed by atoms with van der Waals surface area (Å²) in [6, 6.07) is 0. The first-order chi connectivity index (χ1) is 12.1. The summed E-state index contributed by atoms with van der Waals surface area (Å²) in [6.07, 6.45) is 19.3. The molecule has 7 heteroatoms. The summed E-state index contributed by atoms with van der Waals surface area (Å²) in [7, 11) is 0. The lowest BCUT2D eigenvalue weighted by Crippen LogP contribution is -2.14. The largest absolute Gasteiger partial charge is 0.365 e. The van der Waals surface area contributed by atoms with Gasteiger partial charge in [-0.1, -0.05) is 70.8 Å². The zero-order chi connectivity index (χ0) is 19.3. The highest BCUT2D eigenvalue weighted by molar-refractivity contribution is 5.80. The fourth-order valence-corrected chi connectivity index (χ4v) is 3.35. The highest BCUT2D eigenvalue weighted by Gasteiger charge is 2.20. The Hall–Kier alpha value is -2.07. The number of carbonyl (C=O) groups is 1. The normalized spacial score (nSPS) is 16.7. The molecule has 0 unspecified atom stereocenters. The summed E-state index contributed by atoms with van der Waals surface area (Å²) in [5, 5.41) is 18.2. The van der Waals surface area contributed by atoms with Crippen LogP contribution >= 0.6 is 0 Å². The van der Waals surface area contributed by atoms with Gasteiger partial charge in [0.25, 0.3) is 0 Å². The van der Waals surface area contributed by atoms with Gasteiger partial charge in [0, 0.05) is 6.08 Å². The first kappa shape index (κ1) is 25.2. The Kier molecular flexibility index (Phi) is 20.1. The lowest BCUT2D eigenvalue weighted by molar-refractivity contribution is -0.228. The molecular formula is C18H30N2O5. The first-order valence-corrected chi connectivity index (χ1v) is 8.65. The third-order valence-electron chi connectivity index (χ3n) is 4.37. The van der Waals surface area contributed by atoms with Crippen molar-refractivity contribution in [3.63, 3.8) is 0 Å². The van der Waals surface area contributed by atoms with E-state index in [2.05, 4.69) is 11.5 Å². The molecule has 0 radical (unpaired) electrons. The van der Waals surface area contributed by atoms with Crippen LogP contribution in [0.1, 0.15) is 70.6 Å². The van der Waals surface area contributed by atoms with Crippen LogP contribution in [0.5, 0.6) is 0 Å². The Morgan fingerprint density at radius 1 is 0.960 bits per heavy atom. The van der Waals surface area contributed by atoms with E-state index in [0.29, 0.717) is 0 Å². The maximum atomic E-state index is 9.59. The minimum Gasteiger partial charge on any atom is -0.296 e. The van der Waals surface area contributed by atoms with Crippen molar-refractivity contribution in [3.8, 4) is 0 Å². The van der Waals surface area contributed by atoms with E-state index in [1.54, 1.807) is 32.1 Å². The SMILES string of the molecule is C1CCC(CC2CCCCC2)CC1.C=CC(=O)OO.N=C=O.N=C=O. The summed E-state index contributed by atoms with van der Waals surface area (Å²) in [5.41, 5.74) is 0. The molecule has 0 aromatic carbocycles. The van der Waals surface area contributed by atoms with Crippen molar-refractivity contribution < 1.29 is 24.5 Å². The van der Waals surface area contributed by atoms with Crippen molar-refractivity contribution in [2.45, 2.75) is 70.6 Å². The minimum atomic E-state index is -0.838. The summed E-state index contributed by atoms with van der Waals surface area (Å²) in [5.74, 6) is 1.41. The molecule has 0 aromatic rings. The molecule has 0 bridgehead atoms. The van der Waals surface area contributed by atoms with Crippen LogP contribution in [0.2, 0.25) is 0 Å². The van der Waals surface area contributed by atoms with Gasteiger partial charge in [-0.05, 0) is 18.3 Å². The lowest BCUT2D eigenvalue weighted by atomic mass is 9.78. The molecule has 2 fully saturated rings. The van der Waals surface area contributed by atoms with Gasteiger partial charge in [-0.3, -0.25) is 4.89 Å². The second-order valence-corrected chi connectivity index (χ2v) is 6.06. The number of hydrogen-bond acceptors (Lipinski definition) is 7. The molecule has 0 heterocycles. The maximum Gasteiger partial charge on any atom is 0.365 e. The van der Waals surface area contributed by atoms with Gasteiger partial charge in [0.15, 0.2) is 0 Å². The molecule has 2 saturated carbocycles. The average molecular weight is 354 g/mol. The van der Waals surface area contributed by atoms with Crippen molar-refractivity contribution in [3.05, 3.63) is 12.7 Å². The Labute approximate surface area is 149 Å². The van der Waals surface area contributed by atoms with E-state index in [1.807, 2.05) is 0 Å². The molecule has 142 valence electrons. The van der Waals surface area contributed by atoms with E-state index >= 15 is 0 Å². The topological polar surface area (TPSA) is 128 Å². The quantitative estimate of drug-likeness (QED) is 0.225. The summed E-state index contributed by atoms with van der Waals surface area (Å²) in [6.45, 7) is 3.00. The standard InChI is InChI=1S/C13H24.C3H4O3.2CHNO/c1-3-7-12(8-4-1)11-13-9-5-2-6-10-13;1-2-3(4)6-5;2*2-1-3/h12-13H,1-11H2;2,5H,1H2;2*2H. The van der Waals surface area contributed by atoms with Gasteiger partial charge in [-0.2, -0.15) is 5.26 Å². The molecule has 0 aromatic heterocycles. The fraction of sp³-hybridized carbons (Fsp3) is 0.722. The van der Waals surface area contributed by atoms with Crippen LogP contribution in [0.4, 0.5) is 0 Å². The van der Waals surface area contributed by atoms with Crippen LogP contribution in [0.3, 0.4) is 0 Å². The number of carbonyl (C=O) groups excluding carboxylic acids is 3. The zero-order valence-electron chi connectivity index (χ0n) is 14.8. The van der Waals surface area contributed by atoms with Gasteiger partial charge >= 0.3 is 5.97 Å². The molecule has 2 rings (SSSR count). The third kappa shape index (κ3) is 18.1. The van der Waals surface area contributed by atoms with Crippen molar-refractivity contribution in [2.24, 2.45) is 11.8 Å². The Bertz CT molecular complexity index is 374. The van der Waals surface area contributed by atoms with Crippen molar-refractivity contribution in [2.75, 3.05) is 0 Å². The lowest BCUT2D eigenvalue weighted by Gasteiger charge is -2.28. The zero-order valence-corrected chi connectivity index (χ0v) is 14.8. The fourth-order valence-electron chi connectivity index (χ4n) is 3.35. The average Bonchev–Trinajstić information content (AvgIpc) is 2.64. The molecule has 25 heavy (non-hydrogen) atoms. The van der Waals surface area contributed by atoms with E-state index in [4.69, 9.17) is 25.7 Å². The Balaban J connectivity index is 0. The maximum absolute atomic E-state index is 9.59. The monoisotopic (exact) mass is 354 g/mol. The minimum absolute atomic E-state index is 0.750. The van der Waals surface area contributed by atoms with Gasteiger partial charge in [-0.15, -0.1) is 0 Å². The van der Waals surface area contributed by atoms with Crippen LogP contribution in [0, 0.1) is 22.7 Å². The highest BCUT2D eigenvalue weighted by atomic mass is 17.1. The number of nitrogens with one attached hydrogen (secondary N) is 2. The molecule has 0 atom stereocenters. The van der Waals surface area contributed by atoms with Crippen LogP contribution in [0.25, 0.3) is 0 Å². The summed E-state index contributed by atoms with van der Waals surface area (Å²) in [4.78, 5) is 29.4. The van der Waals surface area contributed by atoms with Crippen LogP contribution in [-0.2, 0) is 19.3 Å². The molecule has 0 saturated heterocycles. The van der Waals surface area contributed by atoms with E-state index in [-0.39, 0.29) is 0 Å². The number of isocyanates is 2. The molecule has 0 amide bonds. The summed E-state index contributed by atoms with van der Waals surface area (Å²) < 4.78 is 0. The van der Waals surface area contributed by atoms with Gasteiger partial charge in [0.2, 0.25) is 12.2 Å². The number of hydrogen-bond donors (Lipinski definition) is 3. The highest BCUT2D eigenvalue weighted by Crippen LogP contribution is 2.34. The van der Waals surface area contributed by atoms with E-state index in [9.17, 15) is 4.79 Å². The predicted molar refractivity (Wildman–Crippen MR) is 93.5 cm³/mol. The second-order valence-electron chi connectivity index (χ2n) is 6.06. The number of rotatable bonds is 3. The molecule has 7 nitrogen and oxygen atoms in total. The van der Waals surface area contributed by atoms with E-state index in [1.165, 1.54) is 38.5 Å². The van der Waals surface area contributed by atoms with E-state index < -0.39 is 5.97 Å². The molecule has 3 N–H and O–H groups in total. The third-order valence-corrected chi connectivity index (χ3v) is 4.37. The van der Waals surface area contributed by atoms with Gasteiger partial charge in [0.05, 0.1) is 0 Å². The Morgan fingerprint density at radius 2 is 1.28 bits per heavy atom. The predicted octanol–water partition coefficient (Wildman–Crippen LogP) is 4.53.